The van der Waals surface area contributed by atoms with Crippen LogP contribution < -0.4 is 0 Å². The van der Waals surface area contributed by atoms with Crippen LogP contribution in [-0.2, 0) is 0 Å². The molecular formula is C86H80N8. The van der Waals surface area contributed by atoms with Gasteiger partial charge < -0.3 is 0 Å². The molecule has 0 aliphatic heterocycles. The molecule has 8 heteroatoms. The molecule has 4 heterocycles. The van der Waals surface area contributed by atoms with Gasteiger partial charge in [-0.25, -0.2) is 39.9 Å². The quantitative estimate of drug-likeness (QED) is 0.141. The van der Waals surface area contributed by atoms with E-state index >= 15 is 0 Å². The van der Waals surface area contributed by atoms with E-state index in [-0.39, 0.29) is 29.7 Å². The fraction of sp³-hybridized carbons (Fsp3) is 0.0930. The fourth-order valence-corrected chi connectivity index (χ4v) is 10.8. The molecule has 94 heavy (non-hydrogen) atoms. The molecule has 0 unspecified atom stereocenters. The molecule has 8 nitrogen and oxygen atoms in total. The average molecular weight is 1230 g/mol. The van der Waals surface area contributed by atoms with Gasteiger partial charge in [0.05, 0.1) is 39.9 Å². The van der Waals surface area contributed by atoms with Gasteiger partial charge in [0, 0.05) is 45.1 Å². The van der Waals surface area contributed by atoms with Crippen molar-refractivity contribution in [2.24, 2.45) is 0 Å². The van der Waals surface area contributed by atoms with E-state index in [4.69, 9.17) is 9.97 Å². The first-order valence-electron chi connectivity index (χ1n) is 30.1. The predicted octanol–water partition coefficient (Wildman–Crippen LogP) is 23.0. The van der Waals surface area contributed by atoms with E-state index in [1.807, 2.05) is 119 Å². The first kappa shape index (κ1) is 68.2. The summed E-state index contributed by atoms with van der Waals surface area (Å²) in [6.07, 6.45) is 1.78. The third kappa shape index (κ3) is 17.0. The van der Waals surface area contributed by atoms with Gasteiger partial charge in [-0.15, -0.1) is 0 Å². The summed E-state index contributed by atoms with van der Waals surface area (Å²) < 4.78 is 0. The van der Waals surface area contributed by atoms with E-state index in [1.165, 1.54) is 43.8 Å². The van der Waals surface area contributed by atoms with Crippen LogP contribution in [0.25, 0.3) is 123 Å². The molecule has 15 aromatic rings. The molecule has 0 atom stereocenters. The van der Waals surface area contributed by atoms with Crippen molar-refractivity contribution < 1.29 is 0 Å². The van der Waals surface area contributed by atoms with E-state index in [1.54, 1.807) is 6.20 Å². The van der Waals surface area contributed by atoms with Crippen molar-refractivity contribution in [3.63, 3.8) is 0 Å². The number of hydrogen-bond donors (Lipinski definition) is 0. The highest BCUT2D eigenvalue weighted by atomic mass is 14.9. The van der Waals surface area contributed by atoms with Crippen molar-refractivity contribution in [1.82, 2.24) is 39.9 Å². The van der Waals surface area contributed by atoms with Crippen LogP contribution >= 0.6 is 0 Å². The Bertz CT molecular complexity index is 4570. The van der Waals surface area contributed by atoms with Gasteiger partial charge in [0.15, 0.2) is 0 Å². The van der Waals surface area contributed by atoms with Gasteiger partial charge in [-0.1, -0.05) is 315 Å². The van der Waals surface area contributed by atoms with Gasteiger partial charge in [-0.2, -0.15) is 0 Å². The summed E-state index contributed by atoms with van der Waals surface area (Å²) in [7, 11) is 0. The van der Waals surface area contributed by atoms with Crippen LogP contribution in [-0.4, -0.2) is 39.9 Å². The Kier molecular flexibility index (Phi) is 23.8. The number of aromatic nitrogens is 8. The molecule has 464 valence electrons. The standard InChI is InChI=1S/C29H22N2.C25H18N2.C17H14N2.C11H10N2.4CH4/c1-21-30-28(26-16-12-24(13-17-26)22-8-4-2-5-9-22)20-29(31-21)27-18-14-25(15-19-27)23-10-6-3-7-11-23;1-17-26-24(22-14-6-10-18-8-2-4-12-20(18)22)16-25(27-17)23-15-7-11-19-9-3-5-13-21(19)23;1-13-18-16(14-8-4-2-5-9-14)12-17(19-13)15-10-6-3-7-11-15;1-9-12-8-7-11(13-9)10-5-3-2-4-6-10;;;;/h2-20H,1H3;2-16H,1H3;2-12H,1H3;2-8H,1H3;4*1H4. The highest BCUT2D eigenvalue weighted by molar-refractivity contribution is 5.99. The Hall–Kier alpha value is -11.7. The topological polar surface area (TPSA) is 103 Å². The molecule has 0 amide bonds. The molecule has 0 fully saturated rings. The lowest BCUT2D eigenvalue weighted by Crippen LogP contribution is -1.95. The molecule has 0 bridgehead atoms. The van der Waals surface area contributed by atoms with Crippen molar-refractivity contribution in [3.8, 4) is 101 Å². The Labute approximate surface area is 555 Å². The van der Waals surface area contributed by atoms with Crippen molar-refractivity contribution in [2.75, 3.05) is 0 Å². The van der Waals surface area contributed by atoms with Crippen LogP contribution in [0.1, 0.15) is 53.0 Å². The molecule has 15 rings (SSSR count). The maximum atomic E-state index is 4.75. The maximum Gasteiger partial charge on any atom is 0.126 e. The van der Waals surface area contributed by atoms with Gasteiger partial charge in [0.1, 0.15) is 23.3 Å². The molecule has 0 N–H and O–H groups in total. The van der Waals surface area contributed by atoms with E-state index in [2.05, 4.69) is 248 Å². The number of benzene rings is 11. The summed E-state index contributed by atoms with van der Waals surface area (Å²) in [6, 6.07) is 106. The van der Waals surface area contributed by atoms with E-state index in [0.29, 0.717) is 0 Å². The zero-order valence-electron chi connectivity index (χ0n) is 50.6. The summed E-state index contributed by atoms with van der Waals surface area (Å²) in [5.74, 6) is 3.15. The Morgan fingerprint density at radius 3 is 0.787 bits per heavy atom. The summed E-state index contributed by atoms with van der Waals surface area (Å²) in [4.78, 5) is 36.3. The average Bonchev–Trinajstić information content (AvgIpc) is 0.871. The second-order valence-electron chi connectivity index (χ2n) is 21.6. The minimum absolute atomic E-state index is 0. The molecule has 0 radical (unpaired) electrons. The first-order valence-corrected chi connectivity index (χ1v) is 30.1. The largest absolute Gasteiger partial charge is 0.242 e. The van der Waals surface area contributed by atoms with Crippen LogP contribution in [0, 0.1) is 27.7 Å². The first-order chi connectivity index (χ1) is 44.2. The number of hydrogen-bond acceptors (Lipinski definition) is 8. The summed E-state index contributed by atoms with van der Waals surface area (Å²) in [5, 5.41) is 4.86. The summed E-state index contributed by atoms with van der Waals surface area (Å²) in [6.45, 7) is 7.73. The van der Waals surface area contributed by atoms with E-state index < -0.39 is 0 Å². The third-order valence-electron chi connectivity index (χ3n) is 15.2. The fourth-order valence-electron chi connectivity index (χ4n) is 10.8. The number of rotatable bonds is 9. The molecular weight excluding hydrogens is 1150 g/mol. The lowest BCUT2D eigenvalue weighted by atomic mass is 9.98. The predicted molar refractivity (Wildman–Crippen MR) is 398 cm³/mol. The van der Waals surface area contributed by atoms with Crippen molar-refractivity contribution >= 4 is 21.5 Å². The van der Waals surface area contributed by atoms with E-state index in [9.17, 15) is 0 Å². The van der Waals surface area contributed by atoms with Crippen LogP contribution in [0.4, 0.5) is 0 Å². The molecule has 0 spiro atoms. The van der Waals surface area contributed by atoms with E-state index in [0.717, 1.165) is 102 Å². The smallest absolute Gasteiger partial charge is 0.126 e. The minimum Gasteiger partial charge on any atom is -0.242 e. The van der Waals surface area contributed by atoms with Gasteiger partial charge >= 0.3 is 0 Å². The Morgan fingerprint density at radius 1 is 0.191 bits per heavy atom. The second kappa shape index (κ2) is 32.8. The van der Waals surface area contributed by atoms with Crippen LogP contribution in [0.3, 0.4) is 0 Å². The van der Waals surface area contributed by atoms with Crippen LogP contribution in [0.15, 0.2) is 316 Å². The lowest BCUT2D eigenvalue weighted by Gasteiger charge is -2.11. The SMILES string of the molecule is C.C.C.C.Cc1nc(-c2ccc(-c3ccccc3)cc2)cc(-c2ccc(-c3ccccc3)cc2)n1.Cc1nc(-c2cccc3ccccc23)cc(-c2cccc3ccccc23)n1.Cc1nc(-c2ccccc2)cc(-c2ccccc2)n1.Cc1nccc(-c2ccccc2)n1. The van der Waals surface area contributed by atoms with Crippen molar-refractivity contribution in [1.29, 1.82) is 0 Å². The van der Waals surface area contributed by atoms with Gasteiger partial charge in [-0.3, -0.25) is 0 Å². The number of fused-ring (bicyclic) bond motifs is 2. The van der Waals surface area contributed by atoms with Gasteiger partial charge in [0.25, 0.3) is 0 Å². The normalized spacial score (nSPS) is 10.2. The van der Waals surface area contributed by atoms with Crippen LogP contribution in [0.2, 0.25) is 0 Å². The molecule has 11 aromatic carbocycles. The van der Waals surface area contributed by atoms with Gasteiger partial charge in [0.2, 0.25) is 0 Å². The molecule has 0 saturated heterocycles. The zero-order chi connectivity index (χ0) is 61.4. The maximum absolute atomic E-state index is 4.75. The van der Waals surface area contributed by atoms with Crippen molar-refractivity contribution in [2.45, 2.75) is 57.4 Å². The van der Waals surface area contributed by atoms with Crippen molar-refractivity contribution in [3.05, 3.63) is 339 Å². The highest BCUT2D eigenvalue weighted by Gasteiger charge is 2.13. The summed E-state index contributed by atoms with van der Waals surface area (Å²) >= 11 is 0. The number of nitrogens with zero attached hydrogens (tertiary/aromatic N) is 8. The van der Waals surface area contributed by atoms with Crippen LogP contribution in [0.5, 0.6) is 0 Å². The molecule has 0 aliphatic rings. The molecule has 4 aromatic heterocycles. The second-order valence-corrected chi connectivity index (χ2v) is 21.6. The summed E-state index contributed by atoms with van der Waals surface area (Å²) in [5.41, 5.74) is 19.4. The third-order valence-corrected chi connectivity index (χ3v) is 15.2. The zero-order valence-corrected chi connectivity index (χ0v) is 50.6. The monoisotopic (exact) mass is 1220 g/mol. The highest BCUT2D eigenvalue weighted by Crippen LogP contribution is 2.34. The number of aryl methyl sites for hydroxylation is 4. The molecule has 0 aliphatic carbocycles. The Morgan fingerprint density at radius 2 is 0.436 bits per heavy atom. The minimum atomic E-state index is 0. The lowest BCUT2D eigenvalue weighted by molar-refractivity contribution is 1.06. The van der Waals surface area contributed by atoms with Gasteiger partial charge in [-0.05, 0) is 95.8 Å². The Balaban J connectivity index is 0.000000165. The molecule has 0 saturated carbocycles.